The van der Waals surface area contributed by atoms with E-state index < -0.39 is 0 Å². The number of rotatable bonds is 0. The second kappa shape index (κ2) is 3.05. The zero-order valence-corrected chi connectivity index (χ0v) is 6.84. The number of hydrogen-bond acceptors (Lipinski definition) is 2. The minimum atomic E-state index is -0.366. The smallest absolute Gasteiger partial charge is 0.227 e. The van der Waals surface area contributed by atoms with Crippen molar-refractivity contribution in [1.82, 2.24) is 0 Å². The van der Waals surface area contributed by atoms with Crippen molar-refractivity contribution in [3.63, 3.8) is 0 Å². The molecule has 1 heterocycles. The van der Waals surface area contributed by atoms with Gasteiger partial charge in [0.15, 0.2) is 0 Å². The van der Waals surface area contributed by atoms with Gasteiger partial charge in [0.1, 0.15) is 11.6 Å². The third kappa shape index (κ3) is 1.61. The highest BCUT2D eigenvalue weighted by Gasteiger charge is 2.13. The summed E-state index contributed by atoms with van der Waals surface area (Å²) in [6, 6.07) is 4.04. The van der Waals surface area contributed by atoms with E-state index in [-0.39, 0.29) is 11.7 Å². The van der Waals surface area contributed by atoms with Crippen LogP contribution in [0.2, 0.25) is 0 Å². The largest absolute Gasteiger partial charge is 0.491 e. The number of anilines is 1. The summed E-state index contributed by atoms with van der Waals surface area (Å²) >= 11 is 0. The van der Waals surface area contributed by atoms with Crippen molar-refractivity contribution < 1.29 is 13.9 Å². The van der Waals surface area contributed by atoms with E-state index in [0.29, 0.717) is 24.5 Å². The highest BCUT2D eigenvalue weighted by atomic mass is 19.1. The molecule has 0 atom stereocenters. The van der Waals surface area contributed by atoms with Crippen molar-refractivity contribution in [2.75, 3.05) is 11.9 Å². The van der Waals surface area contributed by atoms with Gasteiger partial charge in [-0.3, -0.25) is 4.79 Å². The van der Waals surface area contributed by atoms with Crippen LogP contribution in [-0.2, 0) is 4.79 Å². The lowest BCUT2D eigenvalue weighted by atomic mass is 10.3. The number of halogens is 1. The predicted octanol–water partition coefficient (Wildman–Crippen LogP) is 1.55. The second-order valence-corrected chi connectivity index (χ2v) is 2.79. The molecule has 1 aromatic carbocycles. The molecule has 0 spiro atoms. The molecule has 0 saturated heterocycles. The highest BCUT2D eigenvalue weighted by Crippen LogP contribution is 2.27. The standard InChI is InChI=1S/C9H8FNO2/c10-6-1-2-7-8(5-6)13-4-3-9(12)11-7/h1-2,5H,3-4H2,(H,11,12). The average molecular weight is 181 g/mol. The number of amides is 1. The van der Waals surface area contributed by atoms with Crippen LogP contribution in [0, 0.1) is 5.82 Å². The van der Waals surface area contributed by atoms with Gasteiger partial charge in [0, 0.05) is 6.07 Å². The third-order valence-electron chi connectivity index (χ3n) is 1.80. The summed E-state index contributed by atoms with van der Waals surface area (Å²) in [6.07, 6.45) is 0.302. The van der Waals surface area contributed by atoms with Crippen molar-refractivity contribution >= 4 is 11.6 Å². The number of benzene rings is 1. The first kappa shape index (κ1) is 8.04. The van der Waals surface area contributed by atoms with Crippen molar-refractivity contribution in [2.45, 2.75) is 6.42 Å². The molecule has 0 saturated carbocycles. The number of carbonyl (C=O) groups is 1. The van der Waals surface area contributed by atoms with Crippen LogP contribution in [0.3, 0.4) is 0 Å². The molecule has 0 fully saturated rings. The molecule has 0 radical (unpaired) electrons. The van der Waals surface area contributed by atoms with Crippen LogP contribution >= 0.6 is 0 Å². The number of hydrogen-bond donors (Lipinski definition) is 1. The molecule has 68 valence electrons. The van der Waals surface area contributed by atoms with Gasteiger partial charge < -0.3 is 10.1 Å². The predicted molar refractivity (Wildman–Crippen MR) is 45.1 cm³/mol. The van der Waals surface area contributed by atoms with Gasteiger partial charge in [-0.15, -0.1) is 0 Å². The monoisotopic (exact) mass is 181 g/mol. The quantitative estimate of drug-likeness (QED) is 0.659. The van der Waals surface area contributed by atoms with Gasteiger partial charge >= 0.3 is 0 Å². The Kier molecular flexibility index (Phi) is 1.88. The second-order valence-electron chi connectivity index (χ2n) is 2.79. The van der Waals surface area contributed by atoms with E-state index in [9.17, 15) is 9.18 Å². The van der Waals surface area contributed by atoms with E-state index >= 15 is 0 Å². The van der Waals surface area contributed by atoms with E-state index in [1.54, 1.807) is 0 Å². The van der Waals surface area contributed by atoms with Crippen LogP contribution in [0.1, 0.15) is 6.42 Å². The van der Waals surface area contributed by atoms with E-state index in [1.807, 2.05) is 0 Å². The van der Waals surface area contributed by atoms with Gasteiger partial charge in [0.25, 0.3) is 0 Å². The van der Waals surface area contributed by atoms with Crippen LogP contribution in [0.4, 0.5) is 10.1 Å². The van der Waals surface area contributed by atoms with E-state index in [2.05, 4.69) is 5.32 Å². The first-order valence-corrected chi connectivity index (χ1v) is 3.98. The Morgan fingerprint density at radius 1 is 1.46 bits per heavy atom. The fourth-order valence-corrected chi connectivity index (χ4v) is 1.19. The molecule has 0 aromatic heterocycles. The first-order valence-electron chi connectivity index (χ1n) is 3.98. The van der Waals surface area contributed by atoms with E-state index in [1.165, 1.54) is 18.2 Å². The van der Waals surface area contributed by atoms with Gasteiger partial charge in [-0.2, -0.15) is 0 Å². The molecular weight excluding hydrogens is 173 g/mol. The molecule has 13 heavy (non-hydrogen) atoms. The van der Waals surface area contributed by atoms with Crippen LogP contribution in [0.25, 0.3) is 0 Å². The zero-order valence-electron chi connectivity index (χ0n) is 6.84. The van der Waals surface area contributed by atoms with Gasteiger partial charge in [-0.25, -0.2) is 4.39 Å². The van der Waals surface area contributed by atoms with Gasteiger partial charge in [-0.05, 0) is 12.1 Å². The SMILES string of the molecule is O=C1CCOc2cc(F)ccc2N1. The summed E-state index contributed by atoms with van der Waals surface area (Å²) in [5, 5.41) is 2.62. The van der Waals surface area contributed by atoms with Crippen molar-refractivity contribution in [3.8, 4) is 5.75 Å². The molecule has 1 aliphatic rings. The fourth-order valence-electron chi connectivity index (χ4n) is 1.19. The Hall–Kier alpha value is -1.58. The van der Waals surface area contributed by atoms with Crippen LogP contribution in [-0.4, -0.2) is 12.5 Å². The fraction of sp³-hybridized carbons (Fsp3) is 0.222. The van der Waals surface area contributed by atoms with E-state index in [4.69, 9.17) is 4.74 Å². The molecule has 0 aliphatic carbocycles. The minimum Gasteiger partial charge on any atom is -0.491 e. The Balaban J connectivity index is 2.40. The van der Waals surface area contributed by atoms with Crippen LogP contribution in [0.15, 0.2) is 18.2 Å². The van der Waals surface area contributed by atoms with Gasteiger partial charge in [0.2, 0.25) is 5.91 Å². The molecule has 1 N–H and O–H groups in total. The summed E-state index contributed by atoms with van der Waals surface area (Å²) in [5.74, 6) is -0.0777. The maximum Gasteiger partial charge on any atom is 0.227 e. The molecule has 2 rings (SSSR count). The molecule has 1 amide bonds. The summed E-state index contributed by atoms with van der Waals surface area (Å²) in [6.45, 7) is 0.294. The molecule has 1 aromatic rings. The van der Waals surface area contributed by atoms with Crippen LogP contribution < -0.4 is 10.1 Å². The van der Waals surface area contributed by atoms with Gasteiger partial charge in [0.05, 0.1) is 18.7 Å². The average Bonchev–Trinajstić information content (AvgIpc) is 2.25. The van der Waals surface area contributed by atoms with Crippen molar-refractivity contribution in [3.05, 3.63) is 24.0 Å². The molecule has 3 nitrogen and oxygen atoms in total. The lowest BCUT2D eigenvalue weighted by Crippen LogP contribution is -2.10. The molecule has 0 unspecified atom stereocenters. The van der Waals surface area contributed by atoms with Crippen LogP contribution in [0.5, 0.6) is 5.75 Å². The Morgan fingerprint density at radius 3 is 3.15 bits per heavy atom. The summed E-state index contributed by atoms with van der Waals surface area (Å²) in [4.78, 5) is 11.0. The first-order chi connectivity index (χ1) is 6.25. The molecule has 1 aliphatic heterocycles. The van der Waals surface area contributed by atoms with Crippen molar-refractivity contribution in [1.29, 1.82) is 0 Å². The lowest BCUT2D eigenvalue weighted by molar-refractivity contribution is -0.116. The molecule has 4 heteroatoms. The summed E-state index contributed by atoms with van der Waals surface area (Å²) < 4.78 is 17.9. The highest BCUT2D eigenvalue weighted by molar-refractivity contribution is 5.92. The zero-order chi connectivity index (χ0) is 9.26. The lowest BCUT2D eigenvalue weighted by Gasteiger charge is -2.05. The van der Waals surface area contributed by atoms with E-state index in [0.717, 1.165) is 0 Å². The summed E-state index contributed by atoms with van der Waals surface area (Å²) in [5.41, 5.74) is 0.531. The summed E-state index contributed by atoms with van der Waals surface area (Å²) in [7, 11) is 0. The van der Waals surface area contributed by atoms with Crippen molar-refractivity contribution in [2.24, 2.45) is 0 Å². The molecular formula is C9H8FNO2. The topological polar surface area (TPSA) is 38.3 Å². The number of ether oxygens (including phenoxy) is 1. The number of fused-ring (bicyclic) bond motifs is 1. The Bertz CT molecular complexity index is 351. The third-order valence-corrected chi connectivity index (χ3v) is 1.80. The number of carbonyl (C=O) groups excluding carboxylic acids is 1. The Labute approximate surface area is 74.5 Å². The van der Waals surface area contributed by atoms with Gasteiger partial charge in [-0.1, -0.05) is 0 Å². The normalized spacial score (nSPS) is 15.3. The number of nitrogens with one attached hydrogen (secondary N) is 1. The minimum absolute atomic E-state index is 0.106. The maximum atomic E-state index is 12.7. The maximum absolute atomic E-state index is 12.7. The molecule has 0 bridgehead atoms. The Morgan fingerprint density at radius 2 is 2.31 bits per heavy atom.